The number of aromatic nitrogens is 1. The molecule has 4 rings (SSSR count). The molecule has 0 unspecified atom stereocenters. The van der Waals surface area contributed by atoms with Gasteiger partial charge in [0.15, 0.2) is 0 Å². The van der Waals surface area contributed by atoms with E-state index >= 15 is 0 Å². The first-order chi connectivity index (χ1) is 14.1. The molecule has 0 saturated carbocycles. The lowest BCUT2D eigenvalue weighted by Crippen LogP contribution is -2.21. The third kappa shape index (κ3) is 3.34. The fourth-order valence-corrected chi connectivity index (χ4v) is 3.45. The molecular weight excluding hydrogens is 364 g/mol. The monoisotopic (exact) mass is 382 g/mol. The van der Waals surface area contributed by atoms with Crippen LogP contribution in [0.15, 0.2) is 65.4 Å². The van der Waals surface area contributed by atoms with Gasteiger partial charge in [0.25, 0.3) is 5.91 Å². The van der Waals surface area contributed by atoms with E-state index in [1.54, 1.807) is 31.2 Å². The zero-order chi connectivity index (χ0) is 20.4. The highest BCUT2D eigenvalue weighted by molar-refractivity contribution is 6.32. The molecule has 0 fully saturated rings. The zero-order valence-corrected chi connectivity index (χ0v) is 15.9. The molecule has 29 heavy (non-hydrogen) atoms. The van der Waals surface area contributed by atoms with Gasteiger partial charge >= 0.3 is 0 Å². The molecule has 0 spiro atoms. The van der Waals surface area contributed by atoms with Crippen LogP contribution in [0.2, 0.25) is 0 Å². The molecule has 2 aromatic carbocycles. The van der Waals surface area contributed by atoms with Gasteiger partial charge in [-0.1, -0.05) is 18.2 Å². The van der Waals surface area contributed by atoms with Crippen LogP contribution in [-0.2, 0) is 11.3 Å². The fourth-order valence-electron chi connectivity index (χ4n) is 3.45. The van der Waals surface area contributed by atoms with Gasteiger partial charge in [-0.05, 0) is 43.3 Å². The molecular formula is C23H18N4O2. The van der Waals surface area contributed by atoms with Crippen molar-refractivity contribution in [3.8, 4) is 6.07 Å². The normalized spacial score (nSPS) is 15.0. The Balaban J connectivity index is 1.72. The summed E-state index contributed by atoms with van der Waals surface area (Å²) in [4.78, 5) is 23.9. The number of carbonyl (C=O) groups excluding carboxylic acids is 2. The molecule has 0 atom stereocenters. The molecule has 0 bridgehead atoms. The van der Waals surface area contributed by atoms with E-state index in [1.165, 1.54) is 5.01 Å². The van der Waals surface area contributed by atoms with Crippen molar-refractivity contribution in [2.24, 2.45) is 5.10 Å². The molecule has 2 heterocycles. The quantitative estimate of drug-likeness (QED) is 0.491. The Kier molecular flexibility index (Phi) is 4.80. The van der Waals surface area contributed by atoms with Crippen molar-refractivity contribution in [2.45, 2.75) is 19.9 Å². The van der Waals surface area contributed by atoms with Crippen LogP contribution in [0.4, 0.5) is 5.69 Å². The third-order valence-corrected chi connectivity index (χ3v) is 4.92. The first-order valence-electron chi connectivity index (χ1n) is 9.24. The average molecular weight is 382 g/mol. The van der Waals surface area contributed by atoms with Gasteiger partial charge in [-0.2, -0.15) is 15.4 Å². The van der Waals surface area contributed by atoms with Crippen molar-refractivity contribution in [2.75, 3.05) is 5.01 Å². The Morgan fingerprint density at radius 3 is 2.62 bits per heavy atom. The number of hydrogen-bond acceptors (Lipinski definition) is 4. The number of hydrazone groups is 1. The maximum absolute atomic E-state index is 13.0. The van der Waals surface area contributed by atoms with Gasteiger partial charge in [-0.15, -0.1) is 0 Å². The lowest BCUT2D eigenvalue weighted by Gasteiger charge is -2.11. The summed E-state index contributed by atoms with van der Waals surface area (Å²) in [6.07, 6.45) is 5.00. The molecule has 0 saturated heterocycles. The number of carbonyl (C=O) groups is 2. The van der Waals surface area contributed by atoms with Crippen molar-refractivity contribution in [3.63, 3.8) is 0 Å². The SMILES string of the molecule is CC1=NN(c2ccc(C=O)cc2)C(=O)/C1=C/c1cn(CCC#N)c2ccccc12. The summed E-state index contributed by atoms with van der Waals surface area (Å²) in [5.41, 5.74) is 4.24. The first-order valence-corrected chi connectivity index (χ1v) is 9.24. The highest BCUT2D eigenvalue weighted by Gasteiger charge is 2.29. The van der Waals surface area contributed by atoms with Crippen LogP contribution in [0.5, 0.6) is 0 Å². The summed E-state index contributed by atoms with van der Waals surface area (Å²) in [5, 5.41) is 15.7. The molecule has 1 amide bonds. The summed E-state index contributed by atoms with van der Waals surface area (Å²) in [6, 6.07) is 16.8. The fraction of sp³-hybridized carbons (Fsp3) is 0.130. The molecule has 142 valence electrons. The van der Waals surface area contributed by atoms with Crippen LogP contribution < -0.4 is 5.01 Å². The predicted molar refractivity (Wildman–Crippen MR) is 113 cm³/mol. The number of benzene rings is 2. The number of nitriles is 1. The van der Waals surface area contributed by atoms with E-state index in [-0.39, 0.29) is 5.91 Å². The lowest BCUT2D eigenvalue weighted by atomic mass is 10.1. The van der Waals surface area contributed by atoms with Crippen LogP contribution in [0, 0.1) is 11.3 Å². The second-order valence-corrected chi connectivity index (χ2v) is 6.77. The molecule has 0 N–H and O–H groups in total. The standard InChI is InChI=1S/C23H18N4O2/c1-16-21(23(29)27(25-16)19-9-7-17(15-28)8-10-19)13-18-14-26(12-4-11-24)22-6-3-2-5-20(18)22/h2-3,5-10,13-15H,4,12H2,1H3/b21-13+. The van der Waals surface area contributed by atoms with Gasteiger partial charge in [-0.25, -0.2) is 0 Å². The van der Waals surface area contributed by atoms with Gasteiger partial charge in [0.1, 0.15) is 6.29 Å². The van der Waals surface area contributed by atoms with Gasteiger partial charge in [0.05, 0.1) is 29.5 Å². The van der Waals surface area contributed by atoms with Gasteiger partial charge in [0.2, 0.25) is 0 Å². The number of aldehydes is 1. The number of fused-ring (bicyclic) bond motifs is 1. The molecule has 1 aromatic heterocycles. The number of hydrogen-bond donors (Lipinski definition) is 0. The number of aryl methyl sites for hydroxylation is 1. The Morgan fingerprint density at radius 1 is 1.14 bits per heavy atom. The van der Waals surface area contributed by atoms with Crippen molar-refractivity contribution in [1.29, 1.82) is 5.26 Å². The summed E-state index contributed by atoms with van der Waals surface area (Å²) < 4.78 is 2.03. The minimum Gasteiger partial charge on any atom is -0.346 e. The molecule has 3 aromatic rings. The van der Waals surface area contributed by atoms with Gasteiger partial charge < -0.3 is 4.57 Å². The summed E-state index contributed by atoms with van der Waals surface area (Å²) >= 11 is 0. The van der Waals surface area contributed by atoms with Crippen LogP contribution in [0.1, 0.15) is 29.3 Å². The van der Waals surface area contributed by atoms with E-state index in [0.717, 1.165) is 22.8 Å². The summed E-state index contributed by atoms with van der Waals surface area (Å²) in [6.45, 7) is 2.40. The molecule has 0 radical (unpaired) electrons. The minimum absolute atomic E-state index is 0.213. The van der Waals surface area contributed by atoms with E-state index in [9.17, 15) is 9.59 Å². The van der Waals surface area contributed by atoms with Crippen LogP contribution in [0.3, 0.4) is 0 Å². The Morgan fingerprint density at radius 2 is 1.90 bits per heavy atom. The highest BCUT2D eigenvalue weighted by atomic mass is 16.2. The second-order valence-electron chi connectivity index (χ2n) is 6.77. The van der Waals surface area contributed by atoms with E-state index in [4.69, 9.17) is 5.26 Å². The van der Waals surface area contributed by atoms with Crippen LogP contribution in [0.25, 0.3) is 17.0 Å². The Hall–Kier alpha value is -3.98. The Bertz CT molecular complexity index is 1210. The Labute approximate surface area is 168 Å². The highest BCUT2D eigenvalue weighted by Crippen LogP contribution is 2.28. The number of para-hydroxylation sites is 1. The van der Waals surface area contributed by atoms with Crippen molar-refractivity contribution < 1.29 is 9.59 Å². The maximum Gasteiger partial charge on any atom is 0.280 e. The molecule has 1 aliphatic rings. The molecule has 6 heteroatoms. The molecule has 6 nitrogen and oxygen atoms in total. The first kappa shape index (κ1) is 18.4. The third-order valence-electron chi connectivity index (χ3n) is 4.92. The minimum atomic E-state index is -0.213. The van der Waals surface area contributed by atoms with E-state index in [0.29, 0.717) is 35.5 Å². The largest absolute Gasteiger partial charge is 0.346 e. The topological polar surface area (TPSA) is 78.5 Å². The van der Waals surface area contributed by atoms with Crippen molar-refractivity contribution in [3.05, 3.63) is 71.4 Å². The molecule has 1 aliphatic heterocycles. The van der Waals surface area contributed by atoms with E-state index in [1.807, 2.05) is 41.1 Å². The van der Waals surface area contributed by atoms with Crippen LogP contribution in [-0.4, -0.2) is 22.5 Å². The number of rotatable bonds is 5. The maximum atomic E-state index is 13.0. The summed E-state index contributed by atoms with van der Waals surface area (Å²) in [7, 11) is 0. The zero-order valence-electron chi connectivity index (χ0n) is 15.9. The predicted octanol–water partition coefficient (Wildman–Crippen LogP) is 4.17. The average Bonchev–Trinajstić information content (AvgIpc) is 3.25. The second kappa shape index (κ2) is 7.56. The number of amides is 1. The number of nitrogens with zero attached hydrogens (tertiary/aromatic N) is 4. The van der Waals surface area contributed by atoms with Crippen molar-refractivity contribution >= 4 is 40.6 Å². The van der Waals surface area contributed by atoms with Crippen molar-refractivity contribution in [1.82, 2.24) is 4.57 Å². The van der Waals surface area contributed by atoms with Crippen LogP contribution >= 0.6 is 0 Å². The van der Waals surface area contributed by atoms with Gasteiger partial charge in [0, 0.05) is 34.8 Å². The van der Waals surface area contributed by atoms with Gasteiger partial charge in [-0.3, -0.25) is 9.59 Å². The van der Waals surface area contributed by atoms with E-state index in [2.05, 4.69) is 11.2 Å². The number of anilines is 1. The smallest absolute Gasteiger partial charge is 0.280 e. The van der Waals surface area contributed by atoms with E-state index < -0.39 is 0 Å². The molecule has 0 aliphatic carbocycles. The summed E-state index contributed by atoms with van der Waals surface area (Å²) in [5.74, 6) is -0.213. The lowest BCUT2D eigenvalue weighted by molar-refractivity contribution is -0.114.